The van der Waals surface area contributed by atoms with E-state index in [0.717, 1.165) is 47.8 Å². The molecule has 0 aliphatic carbocycles. The molecule has 49 heavy (non-hydrogen) atoms. The minimum absolute atomic E-state index is 0.284. The van der Waals surface area contributed by atoms with Crippen LogP contribution in [-0.4, -0.2) is 43.7 Å². The van der Waals surface area contributed by atoms with Gasteiger partial charge < -0.3 is 23.7 Å². The average molecular weight is 665 g/mol. The Balaban J connectivity index is 1.24. The van der Waals surface area contributed by atoms with Crippen LogP contribution in [0.25, 0.3) is 16.8 Å². The second kappa shape index (κ2) is 18.0. The molecule has 0 N–H and O–H groups in total. The number of carbonyl (C=O) groups excluding carboxylic acids is 4. The zero-order chi connectivity index (χ0) is 35.2. The molecule has 0 unspecified atom stereocenters. The van der Waals surface area contributed by atoms with Gasteiger partial charge in [0.1, 0.15) is 17.2 Å². The van der Waals surface area contributed by atoms with Gasteiger partial charge >= 0.3 is 23.9 Å². The van der Waals surface area contributed by atoms with E-state index < -0.39 is 17.9 Å². The molecule has 0 atom stereocenters. The topological polar surface area (TPSA) is 114 Å². The fraction of sp³-hybridized carbons (Fsp3) is 0.250. The number of ether oxygens (including phenoxy) is 5. The summed E-state index contributed by atoms with van der Waals surface area (Å²) in [6.45, 7) is 10.00. The van der Waals surface area contributed by atoms with Crippen LogP contribution in [0.2, 0.25) is 0 Å². The molecule has 0 spiro atoms. The van der Waals surface area contributed by atoms with Gasteiger partial charge in [-0.05, 0) is 135 Å². The number of unbranched alkanes of at least 4 members (excludes halogenated alkanes) is 3. The van der Waals surface area contributed by atoms with Gasteiger partial charge in [-0.2, -0.15) is 0 Å². The van der Waals surface area contributed by atoms with E-state index in [1.807, 2.05) is 24.3 Å². The molecule has 0 fully saturated rings. The lowest BCUT2D eigenvalue weighted by Crippen LogP contribution is -2.10. The van der Waals surface area contributed by atoms with E-state index in [0.29, 0.717) is 42.3 Å². The van der Waals surface area contributed by atoms with Gasteiger partial charge in [-0.15, -0.1) is 0 Å². The Labute approximate surface area is 286 Å². The van der Waals surface area contributed by atoms with Crippen molar-refractivity contribution in [3.63, 3.8) is 0 Å². The maximum Gasteiger partial charge on any atom is 0.343 e. The standard InChI is InChI=1S/C40H40O9/c1-5-45-37(41)21-11-29-10-20-36(28(4)24-29)49-39(43)30-14-17-34(18-15-30)48-40(44)33-13-12-32-26-35(19-16-31(32)25-33)46-22-8-6-7-9-23-47-38(42)27(2)3/h10-21,24-26H,2,5-9,22-23H2,1,3-4H3/b21-11+. The molecule has 0 aliphatic rings. The summed E-state index contributed by atoms with van der Waals surface area (Å²) < 4.78 is 27.0. The van der Waals surface area contributed by atoms with Gasteiger partial charge in [0.15, 0.2) is 0 Å². The summed E-state index contributed by atoms with van der Waals surface area (Å²) in [5.74, 6) is -0.460. The molecule has 9 heteroatoms. The molecular formula is C40H40O9. The number of carbonyl (C=O) groups is 4. The quantitative estimate of drug-likeness (QED) is 0.0506. The van der Waals surface area contributed by atoms with E-state index in [2.05, 4.69) is 6.58 Å². The van der Waals surface area contributed by atoms with Crippen molar-refractivity contribution in [2.45, 2.75) is 46.5 Å². The van der Waals surface area contributed by atoms with Crippen molar-refractivity contribution in [2.75, 3.05) is 19.8 Å². The summed E-state index contributed by atoms with van der Waals surface area (Å²) in [4.78, 5) is 48.6. The highest BCUT2D eigenvalue weighted by Crippen LogP contribution is 2.25. The molecule has 4 rings (SSSR count). The van der Waals surface area contributed by atoms with Crippen LogP contribution < -0.4 is 14.2 Å². The van der Waals surface area contributed by atoms with Crippen LogP contribution in [0.5, 0.6) is 17.2 Å². The maximum absolute atomic E-state index is 12.9. The highest BCUT2D eigenvalue weighted by Gasteiger charge is 2.14. The van der Waals surface area contributed by atoms with Crippen molar-refractivity contribution in [1.82, 2.24) is 0 Å². The van der Waals surface area contributed by atoms with E-state index in [1.54, 1.807) is 57.2 Å². The molecule has 4 aromatic rings. The van der Waals surface area contributed by atoms with Gasteiger partial charge in [-0.1, -0.05) is 24.8 Å². The minimum Gasteiger partial charge on any atom is -0.494 e. The summed E-state index contributed by atoms with van der Waals surface area (Å²) in [6, 6.07) is 22.3. The van der Waals surface area contributed by atoms with Crippen LogP contribution in [0, 0.1) is 6.92 Å². The van der Waals surface area contributed by atoms with Crippen molar-refractivity contribution < 1.29 is 42.9 Å². The molecule has 0 heterocycles. The predicted molar refractivity (Wildman–Crippen MR) is 187 cm³/mol. The Kier molecular flexibility index (Phi) is 13.3. The molecule has 0 bridgehead atoms. The van der Waals surface area contributed by atoms with Crippen LogP contribution in [0.4, 0.5) is 0 Å². The van der Waals surface area contributed by atoms with Crippen LogP contribution in [0.1, 0.15) is 71.4 Å². The fourth-order valence-corrected chi connectivity index (χ4v) is 4.71. The average Bonchev–Trinajstić information content (AvgIpc) is 3.09. The van der Waals surface area contributed by atoms with Crippen LogP contribution in [0.15, 0.2) is 97.1 Å². The molecule has 0 aliphatic heterocycles. The lowest BCUT2D eigenvalue weighted by Gasteiger charge is -2.10. The normalized spacial score (nSPS) is 10.8. The van der Waals surface area contributed by atoms with Crippen molar-refractivity contribution in [2.24, 2.45) is 0 Å². The van der Waals surface area contributed by atoms with Gasteiger partial charge in [0.25, 0.3) is 0 Å². The van der Waals surface area contributed by atoms with Gasteiger partial charge in [-0.25, -0.2) is 19.2 Å². The van der Waals surface area contributed by atoms with Crippen LogP contribution >= 0.6 is 0 Å². The molecule has 9 nitrogen and oxygen atoms in total. The lowest BCUT2D eigenvalue weighted by molar-refractivity contribution is -0.139. The third-order valence-corrected chi connectivity index (χ3v) is 7.34. The van der Waals surface area contributed by atoms with Crippen molar-refractivity contribution in [3.05, 3.63) is 119 Å². The monoisotopic (exact) mass is 664 g/mol. The van der Waals surface area contributed by atoms with Gasteiger partial charge in [0.05, 0.1) is 30.9 Å². The molecule has 0 amide bonds. The lowest BCUT2D eigenvalue weighted by atomic mass is 10.1. The first-order valence-corrected chi connectivity index (χ1v) is 16.1. The first-order valence-electron chi connectivity index (χ1n) is 16.1. The first kappa shape index (κ1) is 36.1. The Morgan fingerprint density at radius 2 is 1.35 bits per heavy atom. The van der Waals surface area contributed by atoms with Crippen LogP contribution in [0.3, 0.4) is 0 Å². The fourth-order valence-electron chi connectivity index (χ4n) is 4.71. The largest absolute Gasteiger partial charge is 0.494 e. The van der Waals surface area contributed by atoms with E-state index >= 15 is 0 Å². The molecule has 0 saturated heterocycles. The van der Waals surface area contributed by atoms with Crippen LogP contribution in [-0.2, 0) is 19.1 Å². The summed E-state index contributed by atoms with van der Waals surface area (Å²) in [5, 5.41) is 1.79. The van der Waals surface area contributed by atoms with Gasteiger partial charge in [0, 0.05) is 11.6 Å². The first-order chi connectivity index (χ1) is 23.6. The predicted octanol–water partition coefficient (Wildman–Crippen LogP) is 8.22. The number of hydrogen-bond acceptors (Lipinski definition) is 9. The second-order valence-electron chi connectivity index (χ2n) is 11.3. The van der Waals surface area contributed by atoms with Gasteiger partial charge in [0.2, 0.25) is 0 Å². The van der Waals surface area contributed by atoms with E-state index in [-0.39, 0.29) is 17.3 Å². The Morgan fingerprint density at radius 1 is 0.694 bits per heavy atom. The molecule has 4 aromatic carbocycles. The zero-order valence-electron chi connectivity index (χ0n) is 28.0. The van der Waals surface area contributed by atoms with Gasteiger partial charge in [-0.3, -0.25) is 0 Å². The summed E-state index contributed by atoms with van der Waals surface area (Å²) in [5.41, 5.74) is 2.56. The molecular weight excluding hydrogens is 624 g/mol. The Bertz CT molecular complexity index is 1840. The minimum atomic E-state index is -0.563. The zero-order valence-corrected chi connectivity index (χ0v) is 28.0. The van der Waals surface area contributed by atoms with Crippen molar-refractivity contribution in [1.29, 1.82) is 0 Å². The summed E-state index contributed by atoms with van der Waals surface area (Å²) >= 11 is 0. The third kappa shape index (κ3) is 11.2. The summed E-state index contributed by atoms with van der Waals surface area (Å²) in [7, 11) is 0. The molecule has 254 valence electrons. The number of rotatable bonds is 16. The van der Waals surface area contributed by atoms with Crippen molar-refractivity contribution >= 4 is 40.7 Å². The second-order valence-corrected chi connectivity index (χ2v) is 11.3. The smallest absolute Gasteiger partial charge is 0.343 e. The number of fused-ring (bicyclic) bond motifs is 1. The van der Waals surface area contributed by atoms with E-state index in [4.69, 9.17) is 23.7 Å². The van der Waals surface area contributed by atoms with Crippen molar-refractivity contribution in [3.8, 4) is 17.2 Å². The molecule has 0 radical (unpaired) electrons. The molecule has 0 aromatic heterocycles. The van der Waals surface area contributed by atoms with E-state index in [9.17, 15) is 19.2 Å². The number of benzene rings is 4. The highest BCUT2D eigenvalue weighted by atomic mass is 16.5. The Morgan fingerprint density at radius 3 is 2.06 bits per heavy atom. The maximum atomic E-state index is 12.9. The van der Waals surface area contributed by atoms with E-state index in [1.165, 1.54) is 30.3 Å². The SMILES string of the molecule is C=C(C)C(=O)OCCCCCCOc1ccc2cc(C(=O)Oc3ccc(C(=O)Oc4ccc(/C=C/C(=O)OCC)cc4C)cc3)ccc2c1. The Hall–Kier alpha value is -5.70. The highest BCUT2D eigenvalue weighted by molar-refractivity contribution is 5.97. The number of hydrogen-bond donors (Lipinski definition) is 0. The number of aryl methyl sites for hydroxylation is 1. The number of esters is 4. The summed E-state index contributed by atoms with van der Waals surface area (Å²) in [6.07, 6.45) is 6.55. The molecule has 0 saturated carbocycles. The third-order valence-electron chi connectivity index (χ3n) is 7.34.